The van der Waals surface area contributed by atoms with Crippen LogP contribution in [0.5, 0.6) is 5.75 Å². The van der Waals surface area contributed by atoms with Crippen molar-refractivity contribution in [1.82, 2.24) is 4.90 Å². The van der Waals surface area contributed by atoms with E-state index in [1.807, 2.05) is 0 Å². The number of ether oxygens (including phenoxy) is 3. The Morgan fingerprint density at radius 2 is 2.10 bits per heavy atom. The van der Waals surface area contributed by atoms with Crippen molar-refractivity contribution in [3.8, 4) is 5.75 Å². The number of nitrogens with zero attached hydrogens (tertiary/aromatic N) is 1. The Kier molecular flexibility index (Phi) is 4.78. The Bertz CT molecular complexity index is 471. The number of fused-ring (bicyclic) bond motifs is 1. The molecule has 1 aliphatic carbocycles. The van der Waals surface area contributed by atoms with E-state index in [-0.39, 0.29) is 6.29 Å². The average Bonchev–Trinajstić information content (AvgIpc) is 3.04. The van der Waals surface area contributed by atoms with Gasteiger partial charge in [0.25, 0.3) is 0 Å². The van der Waals surface area contributed by atoms with Crippen molar-refractivity contribution in [3.05, 3.63) is 29.3 Å². The summed E-state index contributed by atoms with van der Waals surface area (Å²) in [4.78, 5) is 2.44. The van der Waals surface area contributed by atoms with Crippen LogP contribution in [0, 0.1) is 0 Å². The molecule has 1 saturated heterocycles. The topological polar surface area (TPSA) is 30.9 Å². The van der Waals surface area contributed by atoms with Gasteiger partial charge in [-0.05, 0) is 49.6 Å². The van der Waals surface area contributed by atoms with Gasteiger partial charge in [0.15, 0.2) is 6.29 Å². The Hall–Kier alpha value is -1.10. The monoisotopic (exact) mass is 291 g/mol. The fourth-order valence-corrected chi connectivity index (χ4v) is 3.39. The minimum Gasteiger partial charge on any atom is -0.497 e. The highest BCUT2D eigenvalue weighted by molar-refractivity contribution is 5.39. The van der Waals surface area contributed by atoms with Crippen LogP contribution >= 0.6 is 0 Å². The van der Waals surface area contributed by atoms with Crippen LogP contribution in [0.1, 0.15) is 36.4 Å². The standard InChI is InChI=1S/C17H25NO3/c1-18(9-8-17-20-10-11-21-17)16-5-3-4-13-12-14(19-2)6-7-15(13)16/h6-7,12,16-17H,3-5,8-11H2,1-2H3/t16-/m0/s1. The second-order valence-electron chi connectivity index (χ2n) is 5.91. The summed E-state index contributed by atoms with van der Waals surface area (Å²) in [7, 11) is 3.94. The number of methoxy groups -OCH3 is 1. The maximum atomic E-state index is 5.53. The number of benzene rings is 1. The molecule has 1 heterocycles. The van der Waals surface area contributed by atoms with Gasteiger partial charge in [-0.1, -0.05) is 6.07 Å². The molecular weight excluding hydrogens is 266 g/mol. The normalized spacial score (nSPS) is 22.5. The maximum Gasteiger partial charge on any atom is 0.159 e. The molecule has 0 N–H and O–H groups in total. The van der Waals surface area contributed by atoms with E-state index in [0.717, 1.165) is 38.3 Å². The highest BCUT2D eigenvalue weighted by Crippen LogP contribution is 2.35. The first-order valence-corrected chi connectivity index (χ1v) is 7.88. The molecule has 1 atom stereocenters. The maximum absolute atomic E-state index is 5.53. The third-order valence-corrected chi connectivity index (χ3v) is 4.57. The van der Waals surface area contributed by atoms with Gasteiger partial charge < -0.3 is 14.2 Å². The smallest absolute Gasteiger partial charge is 0.159 e. The molecule has 4 nitrogen and oxygen atoms in total. The summed E-state index contributed by atoms with van der Waals surface area (Å²) in [6, 6.07) is 7.00. The third-order valence-electron chi connectivity index (χ3n) is 4.57. The van der Waals surface area contributed by atoms with E-state index in [1.54, 1.807) is 7.11 Å². The van der Waals surface area contributed by atoms with Crippen LogP contribution in [0.15, 0.2) is 18.2 Å². The molecule has 0 radical (unpaired) electrons. The summed E-state index contributed by atoms with van der Waals surface area (Å²) < 4.78 is 16.4. The van der Waals surface area contributed by atoms with Crippen LogP contribution in [0.3, 0.4) is 0 Å². The molecule has 0 bridgehead atoms. The first-order chi connectivity index (χ1) is 10.3. The molecule has 3 rings (SSSR count). The summed E-state index contributed by atoms with van der Waals surface area (Å²) in [5.74, 6) is 0.963. The van der Waals surface area contributed by atoms with Crippen LogP contribution in [-0.4, -0.2) is 45.1 Å². The Morgan fingerprint density at radius 1 is 1.29 bits per heavy atom. The van der Waals surface area contributed by atoms with Crippen molar-refractivity contribution in [2.24, 2.45) is 0 Å². The van der Waals surface area contributed by atoms with E-state index < -0.39 is 0 Å². The quantitative estimate of drug-likeness (QED) is 0.834. The minimum absolute atomic E-state index is 0.00798. The Morgan fingerprint density at radius 3 is 2.86 bits per heavy atom. The number of hydrogen-bond donors (Lipinski definition) is 0. The third kappa shape index (κ3) is 3.39. The second kappa shape index (κ2) is 6.77. The summed E-state index contributed by atoms with van der Waals surface area (Å²) in [6.45, 7) is 2.47. The van der Waals surface area contributed by atoms with Crippen LogP contribution in [-0.2, 0) is 15.9 Å². The van der Waals surface area contributed by atoms with Gasteiger partial charge in [-0.3, -0.25) is 4.90 Å². The van der Waals surface area contributed by atoms with Gasteiger partial charge in [-0.25, -0.2) is 0 Å². The number of aryl methyl sites for hydroxylation is 1. The summed E-state index contributed by atoms with van der Waals surface area (Å²) >= 11 is 0. The van der Waals surface area contributed by atoms with Gasteiger partial charge in [0.05, 0.1) is 20.3 Å². The average molecular weight is 291 g/mol. The largest absolute Gasteiger partial charge is 0.497 e. The molecule has 0 aromatic heterocycles. The van der Waals surface area contributed by atoms with Crippen molar-refractivity contribution in [3.63, 3.8) is 0 Å². The molecule has 4 heteroatoms. The Labute approximate surface area is 127 Å². The van der Waals surface area contributed by atoms with Crippen LogP contribution < -0.4 is 4.74 Å². The van der Waals surface area contributed by atoms with Crippen molar-refractivity contribution in [1.29, 1.82) is 0 Å². The molecular formula is C17H25NO3. The zero-order chi connectivity index (χ0) is 14.7. The molecule has 0 amide bonds. The second-order valence-corrected chi connectivity index (χ2v) is 5.91. The summed E-state index contributed by atoms with van der Waals surface area (Å²) in [5, 5.41) is 0. The first-order valence-electron chi connectivity index (χ1n) is 7.88. The molecule has 116 valence electrons. The van der Waals surface area contributed by atoms with Gasteiger partial charge in [0, 0.05) is 19.0 Å². The van der Waals surface area contributed by atoms with E-state index in [9.17, 15) is 0 Å². The van der Waals surface area contributed by atoms with Gasteiger partial charge in [0.2, 0.25) is 0 Å². The molecule has 2 aliphatic rings. The van der Waals surface area contributed by atoms with Gasteiger partial charge in [-0.2, -0.15) is 0 Å². The number of hydrogen-bond acceptors (Lipinski definition) is 4. The van der Waals surface area contributed by atoms with E-state index in [1.165, 1.54) is 24.0 Å². The lowest BCUT2D eigenvalue weighted by Gasteiger charge is -2.33. The zero-order valence-corrected chi connectivity index (χ0v) is 13.0. The lowest BCUT2D eigenvalue weighted by molar-refractivity contribution is -0.0524. The van der Waals surface area contributed by atoms with Crippen molar-refractivity contribution in [2.75, 3.05) is 33.9 Å². The predicted molar refractivity (Wildman–Crippen MR) is 81.6 cm³/mol. The molecule has 0 saturated carbocycles. The minimum atomic E-state index is -0.00798. The zero-order valence-electron chi connectivity index (χ0n) is 13.0. The summed E-state index contributed by atoms with van der Waals surface area (Å²) in [6.07, 6.45) is 4.56. The highest BCUT2D eigenvalue weighted by Gasteiger charge is 2.25. The molecule has 0 unspecified atom stereocenters. The van der Waals surface area contributed by atoms with Crippen molar-refractivity contribution < 1.29 is 14.2 Å². The molecule has 21 heavy (non-hydrogen) atoms. The fourth-order valence-electron chi connectivity index (χ4n) is 3.39. The van der Waals surface area contributed by atoms with Gasteiger partial charge >= 0.3 is 0 Å². The summed E-state index contributed by atoms with van der Waals surface area (Å²) in [5.41, 5.74) is 2.89. The first kappa shape index (κ1) is 14.8. The van der Waals surface area contributed by atoms with Gasteiger partial charge in [-0.15, -0.1) is 0 Å². The van der Waals surface area contributed by atoms with Crippen molar-refractivity contribution in [2.45, 2.75) is 38.0 Å². The van der Waals surface area contributed by atoms with E-state index in [2.05, 4.69) is 30.1 Å². The van der Waals surface area contributed by atoms with Crippen LogP contribution in [0.4, 0.5) is 0 Å². The lowest BCUT2D eigenvalue weighted by atomic mass is 9.86. The van der Waals surface area contributed by atoms with Crippen molar-refractivity contribution >= 4 is 0 Å². The SMILES string of the molecule is COc1ccc2c(c1)CCC[C@@H]2N(C)CCC1OCCO1. The molecule has 1 aromatic rings. The van der Waals surface area contributed by atoms with Gasteiger partial charge in [0.1, 0.15) is 5.75 Å². The van der Waals surface area contributed by atoms with E-state index in [4.69, 9.17) is 14.2 Å². The van der Waals surface area contributed by atoms with E-state index in [0.29, 0.717) is 6.04 Å². The highest BCUT2D eigenvalue weighted by atomic mass is 16.7. The molecule has 0 spiro atoms. The number of rotatable bonds is 5. The van der Waals surface area contributed by atoms with E-state index >= 15 is 0 Å². The van der Waals surface area contributed by atoms with Crippen LogP contribution in [0.25, 0.3) is 0 Å². The predicted octanol–water partition coefficient (Wildman–Crippen LogP) is 2.77. The molecule has 1 fully saturated rings. The Balaban J connectivity index is 1.65. The molecule has 1 aliphatic heterocycles. The molecule has 1 aromatic carbocycles. The van der Waals surface area contributed by atoms with Crippen LogP contribution in [0.2, 0.25) is 0 Å². The fraction of sp³-hybridized carbons (Fsp3) is 0.647. The lowest BCUT2D eigenvalue weighted by Crippen LogP contribution is -2.30.